The molecule has 0 aromatic carbocycles. The summed E-state index contributed by atoms with van der Waals surface area (Å²) in [7, 11) is 0. The van der Waals surface area contributed by atoms with E-state index in [-0.39, 0.29) is 12.5 Å². The molecule has 0 saturated carbocycles. The molecule has 0 unspecified atom stereocenters. The second-order valence-corrected chi connectivity index (χ2v) is 4.15. The van der Waals surface area contributed by atoms with E-state index in [9.17, 15) is 4.79 Å². The van der Waals surface area contributed by atoms with Crippen LogP contribution in [0.3, 0.4) is 0 Å². The average molecular weight is 223 g/mol. The normalized spacial score (nSPS) is 24.7. The van der Waals surface area contributed by atoms with Crippen LogP contribution in [0, 0.1) is 0 Å². The maximum Gasteiger partial charge on any atom is 0.306 e. The molecule has 2 rings (SSSR count). The van der Waals surface area contributed by atoms with Gasteiger partial charge in [-0.2, -0.15) is 11.3 Å². The van der Waals surface area contributed by atoms with Crippen molar-refractivity contribution in [1.29, 1.82) is 0 Å². The molecular weight excluding hydrogens is 214 g/mol. The van der Waals surface area contributed by atoms with Gasteiger partial charge < -0.3 is 4.74 Å². The van der Waals surface area contributed by atoms with Gasteiger partial charge in [0, 0.05) is 23.3 Å². The summed E-state index contributed by atoms with van der Waals surface area (Å²) in [5, 5.41) is 7.36. The predicted octanol–water partition coefficient (Wildman–Crippen LogP) is 2.59. The Bertz CT molecular complexity index is 411. The van der Waals surface area contributed by atoms with E-state index in [1.807, 2.05) is 16.8 Å². The first kappa shape index (κ1) is 10.0. The van der Waals surface area contributed by atoms with Gasteiger partial charge in [-0.3, -0.25) is 4.79 Å². The Balaban J connectivity index is 2.31. The quantitative estimate of drug-likeness (QED) is 0.342. The number of rotatable bonds is 3. The molecule has 6 heteroatoms. The van der Waals surface area contributed by atoms with E-state index in [1.165, 1.54) is 11.3 Å². The maximum absolute atomic E-state index is 11.2. The number of hydrogen-bond acceptors (Lipinski definition) is 4. The van der Waals surface area contributed by atoms with Crippen LogP contribution in [-0.4, -0.2) is 12.5 Å². The Morgan fingerprint density at radius 1 is 1.73 bits per heavy atom. The fourth-order valence-corrected chi connectivity index (χ4v) is 2.44. The van der Waals surface area contributed by atoms with Crippen LogP contribution in [0.5, 0.6) is 0 Å². The fraction of sp³-hybridized carbons (Fsp3) is 0.444. The van der Waals surface area contributed by atoms with Crippen molar-refractivity contribution in [2.45, 2.75) is 18.4 Å². The summed E-state index contributed by atoms with van der Waals surface area (Å²) in [5.74, 6) is -0.227. The SMILES string of the molecule is [N-]=[N+]=NC[C@@]1(c2ccsc2)CCC(=O)O1. The first-order chi connectivity index (χ1) is 7.27. The van der Waals surface area contributed by atoms with Crippen molar-refractivity contribution >= 4 is 17.3 Å². The van der Waals surface area contributed by atoms with Crippen LogP contribution in [0.4, 0.5) is 0 Å². The Morgan fingerprint density at radius 2 is 2.60 bits per heavy atom. The van der Waals surface area contributed by atoms with Gasteiger partial charge in [0.2, 0.25) is 0 Å². The lowest BCUT2D eigenvalue weighted by Crippen LogP contribution is -2.28. The van der Waals surface area contributed by atoms with Gasteiger partial charge >= 0.3 is 5.97 Å². The van der Waals surface area contributed by atoms with E-state index in [1.54, 1.807) is 0 Å². The summed E-state index contributed by atoms with van der Waals surface area (Å²) < 4.78 is 5.30. The third kappa shape index (κ3) is 1.82. The molecule has 78 valence electrons. The average Bonchev–Trinajstić information content (AvgIpc) is 2.84. The molecular formula is C9H9N3O2S. The van der Waals surface area contributed by atoms with Crippen molar-refractivity contribution in [3.05, 3.63) is 32.8 Å². The minimum atomic E-state index is -0.719. The topological polar surface area (TPSA) is 75.1 Å². The first-order valence-corrected chi connectivity index (χ1v) is 5.46. The molecule has 1 fully saturated rings. The number of carbonyl (C=O) groups excluding carboxylic acids is 1. The molecule has 15 heavy (non-hydrogen) atoms. The number of esters is 1. The lowest BCUT2D eigenvalue weighted by atomic mass is 9.93. The zero-order valence-electron chi connectivity index (χ0n) is 7.92. The molecule has 0 spiro atoms. The number of ether oxygens (including phenoxy) is 1. The minimum Gasteiger partial charge on any atom is -0.454 e. The van der Waals surface area contributed by atoms with E-state index in [0.29, 0.717) is 12.8 Å². The molecule has 2 heterocycles. The summed E-state index contributed by atoms with van der Waals surface area (Å²) in [6.07, 6.45) is 0.971. The van der Waals surface area contributed by atoms with E-state index >= 15 is 0 Å². The Morgan fingerprint density at radius 3 is 3.13 bits per heavy atom. The fourth-order valence-electron chi connectivity index (χ4n) is 1.70. The number of nitrogens with zero attached hydrogens (tertiary/aromatic N) is 3. The third-order valence-corrected chi connectivity index (χ3v) is 3.16. The van der Waals surface area contributed by atoms with Gasteiger partial charge in [0.05, 0.1) is 6.54 Å². The van der Waals surface area contributed by atoms with Crippen LogP contribution in [0.2, 0.25) is 0 Å². The summed E-state index contributed by atoms with van der Waals surface area (Å²) >= 11 is 1.53. The van der Waals surface area contributed by atoms with Crippen molar-refractivity contribution in [2.24, 2.45) is 5.11 Å². The highest BCUT2D eigenvalue weighted by Crippen LogP contribution is 2.38. The lowest BCUT2D eigenvalue weighted by molar-refractivity contribution is -0.148. The van der Waals surface area contributed by atoms with Crippen LogP contribution >= 0.6 is 11.3 Å². The largest absolute Gasteiger partial charge is 0.454 e. The second kappa shape index (κ2) is 3.92. The van der Waals surface area contributed by atoms with Crippen molar-refractivity contribution in [2.75, 3.05) is 6.54 Å². The number of hydrogen-bond donors (Lipinski definition) is 0. The van der Waals surface area contributed by atoms with Gasteiger partial charge in [0.25, 0.3) is 0 Å². The predicted molar refractivity (Wildman–Crippen MR) is 55.3 cm³/mol. The molecule has 0 aliphatic carbocycles. The highest BCUT2D eigenvalue weighted by molar-refractivity contribution is 7.08. The van der Waals surface area contributed by atoms with Gasteiger partial charge in [0.1, 0.15) is 5.60 Å². The monoisotopic (exact) mass is 223 g/mol. The molecule has 1 atom stereocenters. The zero-order valence-corrected chi connectivity index (χ0v) is 8.74. The molecule has 1 aliphatic heterocycles. The van der Waals surface area contributed by atoms with Gasteiger partial charge in [-0.05, 0) is 22.4 Å². The van der Waals surface area contributed by atoms with Crippen LogP contribution in [0.25, 0.3) is 10.4 Å². The molecule has 1 aromatic heterocycles. The van der Waals surface area contributed by atoms with Crippen LogP contribution in [0.1, 0.15) is 18.4 Å². The number of carbonyl (C=O) groups is 1. The Kier molecular flexibility index (Phi) is 2.62. The molecule has 1 aliphatic rings. The minimum absolute atomic E-state index is 0.173. The van der Waals surface area contributed by atoms with E-state index in [0.717, 1.165) is 5.56 Å². The summed E-state index contributed by atoms with van der Waals surface area (Å²) in [5.41, 5.74) is 8.53. The van der Waals surface area contributed by atoms with Crippen molar-refractivity contribution in [1.82, 2.24) is 0 Å². The summed E-state index contributed by atoms with van der Waals surface area (Å²) in [6.45, 7) is 0.173. The zero-order chi connectivity index (χ0) is 10.7. The van der Waals surface area contributed by atoms with Crippen molar-refractivity contribution in [3.8, 4) is 0 Å². The van der Waals surface area contributed by atoms with Gasteiger partial charge in [-0.1, -0.05) is 5.11 Å². The summed E-state index contributed by atoms with van der Waals surface area (Å²) in [6, 6.07) is 1.90. The summed E-state index contributed by atoms with van der Waals surface area (Å²) in [4.78, 5) is 13.9. The van der Waals surface area contributed by atoms with Gasteiger partial charge in [-0.15, -0.1) is 0 Å². The van der Waals surface area contributed by atoms with Gasteiger partial charge in [0.15, 0.2) is 0 Å². The van der Waals surface area contributed by atoms with E-state index in [4.69, 9.17) is 10.3 Å². The smallest absolute Gasteiger partial charge is 0.306 e. The van der Waals surface area contributed by atoms with E-state index < -0.39 is 5.60 Å². The van der Waals surface area contributed by atoms with Crippen LogP contribution in [0.15, 0.2) is 21.9 Å². The second-order valence-electron chi connectivity index (χ2n) is 3.37. The number of thiophene rings is 1. The highest BCUT2D eigenvalue weighted by atomic mass is 32.1. The molecule has 1 saturated heterocycles. The Labute approximate surface area is 90.3 Å². The number of azide groups is 1. The van der Waals surface area contributed by atoms with Crippen LogP contribution in [-0.2, 0) is 15.1 Å². The Hall–Kier alpha value is -1.52. The number of cyclic esters (lactones) is 1. The maximum atomic E-state index is 11.2. The lowest BCUT2D eigenvalue weighted by Gasteiger charge is -2.24. The third-order valence-electron chi connectivity index (χ3n) is 2.48. The molecule has 0 radical (unpaired) electrons. The first-order valence-electron chi connectivity index (χ1n) is 4.52. The molecule has 1 aromatic rings. The van der Waals surface area contributed by atoms with Crippen molar-refractivity contribution in [3.63, 3.8) is 0 Å². The standard InChI is InChI=1S/C9H9N3O2S/c10-12-11-6-9(3-1-8(13)14-9)7-2-4-15-5-7/h2,4-5H,1,3,6H2/t9-/m1/s1. The highest BCUT2D eigenvalue weighted by Gasteiger charge is 2.41. The molecule has 0 N–H and O–H groups in total. The van der Waals surface area contributed by atoms with Gasteiger partial charge in [-0.25, -0.2) is 0 Å². The molecule has 5 nitrogen and oxygen atoms in total. The van der Waals surface area contributed by atoms with Crippen molar-refractivity contribution < 1.29 is 9.53 Å². The molecule has 0 bridgehead atoms. The molecule has 0 amide bonds. The van der Waals surface area contributed by atoms with Crippen LogP contribution < -0.4 is 0 Å². The van der Waals surface area contributed by atoms with E-state index in [2.05, 4.69) is 10.0 Å².